The van der Waals surface area contributed by atoms with Crippen LogP contribution in [0.1, 0.15) is 23.8 Å². The highest BCUT2D eigenvalue weighted by Crippen LogP contribution is 2.32. The van der Waals surface area contributed by atoms with E-state index in [1.807, 2.05) is 24.3 Å². The van der Waals surface area contributed by atoms with Crippen LogP contribution < -0.4 is 4.74 Å². The fraction of sp³-hybridized carbons (Fsp3) is 0.250. The third kappa shape index (κ3) is 3.57. The minimum Gasteiger partial charge on any atom is -0.496 e. The minimum absolute atomic E-state index is 0.0394. The van der Waals surface area contributed by atoms with Crippen LogP contribution in [-0.4, -0.2) is 34.6 Å². The number of hydrogen-bond acceptors (Lipinski definition) is 5. The average Bonchev–Trinajstić information content (AvgIpc) is 3.31. The van der Waals surface area contributed by atoms with E-state index in [4.69, 9.17) is 20.9 Å². The van der Waals surface area contributed by atoms with E-state index in [1.54, 1.807) is 18.1 Å². The number of carbonyl (C=O) groups is 1. The number of para-hydroxylation sites is 1. The molecule has 1 aliphatic rings. The van der Waals surface area contributed by atoms with E-state index in [2.05, 4.69) is 10.1 Å². The van der Waals surface area contributed by atoms with Crippen molar-refractivity contribution in [3.63, 3.8) is 0 Å². The molecule has 1 aliphatic heterocycles. The Bertz CT molecular complexity index is 1020. The van der Waals surface area contributed by atoms with E-state index >= 15 is 0 Å². The summed E-state index contributed by atoms with van der Waals surface area (Å²) in [6.07, 6.45) is 0.270. The molecule has 1 unspecified atom stereocenters. The summed E-state index contributed by atoms with van der Waals surface area (Å²) in [5.74, 6) is 0.811. The van der Waals surface area contributed by atoms with Gasteiger partial charge in [0.15, 0.2) is 0 Å². The first kappa shape index (κ1) is 18.4. The molecule has 0 bridgehead atoms. The van der Waals surface area contributed by atoms with Crippen LogP contribution >= 0.6 is 11.6 Å². The summed E-state index contributed by atoms with van der Waals surface area (Å²) < 4.78 is 24.0. The van der Waals surface area contributed by atoms with Crippen molar-refractivity contribution in [3.8, 4) is 17.1 Å². The Kier molecular flexibility index (Phi) is 5.00. The van der Waals surface area contributed by atoms with Gasteiger partial charge in [0, 0.05) is 24.5 Å². The normalized spacial score (nSPS) is 16.6. The molecule has 0 saturated carbocycles. The van der Waals surface area contributed by atoms with Crippen molar-refractivity contribution in [1.29, 1.82) is 0 Å². The van der Waals surface area contributed by atoms with Crippen molar-refractivity contribution >= 4 is 17.5 Å². The monoisotopic (exact) mass is 401 g/mol. The van der Waals surface area contributed by atoms with Gasteiger partial charge in [-0.25, -0.2) is 4.39 Å². The van der Waals surface area contributed by atoms with Crippen molar-refractivity contribution in [1.82, 2.24) is 15.0 Å². The molecule has 1 atom stereocenters. The predicted octanol–water partition coefficient (Wildman–Crippen LogP) is 4.05. The Morgan fingerprint density at radius 1 is 1.32 bits per heavy atom. The number of likely N-dealkylation sites (tertiary alicyclic amines) is 1. The fourth-order valence-corrected chi connectivity index (χ4v) is 3.51. The molecule has 0 aliphatic carbocycles. The average molecular weight is 402 g/mol. The van der Waals surface area contributed by atoms with Gasteiger partial charge in [0.25, 0.3) is 0 Å². The predicted molar refractivity (Wildman–Crippen MR) is 100 cm³/mol. The quantitative estimate of drug-likeness (QED) is 0.645. The van der Waals surface area contributed by atoms with Crippen LogP contribution in [0.3, 0.4) is 0 Å². The highest BCUT2D eigenvalue weighted by Gasteiger charge is 2.34. The van der Waals surface area contributed by atoms with E-state index < -0.39 is 5.82 Å². The molecule has 6 nitrogen and oxygen atoms in total. The number of nitrogens with zero attached hydrogens (tertiary/aromatic N) is 3. The number of aromatic nitrogens is 2. The lowest BCUT2D eigenvalue weighted by Crippen LogP contribution is -2.24. The van der Waals surface area contributed by atoms with E-state index in [1.165, 1.54) is 12.1 Å². The Balaban J connectivity index is 1.51. The van der Waals surface area contributed by atoms with Crippen molar-refractivity contribution in [2.75, 3.05) is 13.7 Å². The lowest BCUT2D eigenvalue weighted by molar-refractivity contribution is -0.128. The van der Waals surface area contributed by atoms with Crippen molar-refractivity contribution in [2.45, 2.75) is 18.9 Å². The second-order valence-electron chi connectivity index (χ2n) is 6.57. The number of amides is 1. The van der Waals surface area contributed by atoms with Gasteiger partial charge >= 0.3 is 0 Å². The maximum atomic E-state index is 13.2. The van der Waals surface area contributed by atoms with Crippen molar-refractivity contribution in [3.05, 3.63) is 64.8 Å². The molecule has 144 valence electrons. The standard InChI is InChI=1S/C20H17ClFN3O3/c1-27-17-5-3-2-4-15(17)19-23-20(28-24-19)13-8-18(26)25(11-13)10-12-6-7-14(22)9-16(12)21/h2-7,9,13H,8,10-11H2,1H3. The maximum Gasteiger partial charge on any atom is 0.232 e. The third-order valence-corrected chi connectivity index (χ3v) is 5.08. The SMILES string of the molecule is COc1ccccc1-c1noc(C2CC(=O)N(Cc3ccc(F)cc3Cl)C2)n1. The topological polar surface area (TPSA) is 68.5 Å². The molecule has 1 aromatic heterocycles. The van der Waals surface area contributed by atoms with E-state index in [-0.39, 0.29) is 18.2 Å². The number of methoxy groups -OCH3 is 1. The molecule has 1 fully saturated rings. The van der Waals surface area contributed by atoms with Crippen molar-refractivity contribution < 1.29 is 18.4 Å². The summed E-state index contributed by atoms with van der Waals surface area (Å²) in [5.41, 5.74) is 1.41. The number of rotatable bonds is 5. The zero-order chi connectivity index (χ0) is 19.7. The molecule has 2 heterocycles. The van der Waals surface area contributed by atoms with Crippen LogP contribution in [-0.2, 0) is 11.3 Å². The van der Waals surface area contributed by atoms with Gasteiger partial charge in [0.05, 0.1) is 18.6 Å². The number of hydrogen-bond donors (Lipinski definition) is 0. The fourth-order valence-electron chi connectivity index (χ4n) is 3.29. The number of benzene rings is 2. The van der Waals surface area contributed by atoms with Gasteiger partial charge in [-0.05, 0) is 29.8 Å². The van der Waals surface area contributed by atoms with Crippen LogP contribution in [0.25, 0.3) is 11.4 Å². The lowest BCUT2D eigenvalue weighted by Gasteiger charge is -2.17. The van der Waals surface area contributed by atoms with Crippen LogP contribution in [0.5, 0.6) is 5.75 Å². The molecule has 3 aromatic rings. The van der Waals surface area contributed by atoms with E-state index in [9.17, 15) is 9.18 Å². The van der Waals surface area contributed by atoms with Gasteiger partial charge in [-0.15, -0.1) is 0 Å². The first-order valence-electron chi connectivity index (χ1n) is 8.74. The zero-order valence-electron chi connectivity index (χ0n) is 15.1. The maximum absolute atomic E-state index is 13.2. The van der Waals surface area contributed by atoms with Gasteiger partial charge < -0.3 is 14.2 Å². The molecular weight excluding hydrogens is 385 g/mol. The Labute approximate surface area is 165 Å². The molecule has 0 spiro atoms. The molecule has 0 N–H and O–H groups in total. The second-order valence-corrected chi connectivity index (χ2v) is 6.97. The Morgan fingerprint density at radius 3 is 2.93 bits per heavy atom. The molecule has 1 saturated heterocycles. The molecule has 28 heavy (non-hydrogen) atoms. The molecule has 4 rings (SSSR count). The van der Waals surface area contributed by atoms with Gasteiger partial charge in [-0.1, -0.05) is 35.0 Å². The van der Waals surface area contributed by atoms with Gasteiger partial charge in [0.1, 0.15) is 11.6 Å². The van der Waals surface area contributed by atoms with Crippen molar-refractivity contribution in [2.24, 2.45) is 0 Å². The van der Waals surface area contributed by atoms with Gasteiger partial charge in [-0.3, -0.25) is 4.79 Å². The highest BCUT2D eigenvalue weighted by molar-refractivity contribution is 6.31. The summed E-state index contributed by atoms with van der Waals surface area (Å²) in [4.78, 5) is 18.5. The summed E-state index contributed by atoms with van der Waals surface area (Å²) in [6.45, 7) is 0.738. The van der Waals surface area contributed by atoms with Crippen LogP contribution in [0, 0.1) is 5.82 Å². The Hall–Kier alpha value is -2.93. The molecule has 2 aromatic carbocycles. The largest absolute Gasteiger partial charge is 0.496 e. The van der Waals surface area contributed by atoms with Crippen LogP contribution in [0.2, 0.25) is 5.02 Å². The second kappa shape index (κ2) is 7.59. The number of carbonyl (C=O) groups excluding carboxylic acids is 1. The summed E-state index contributed by atoms with van der Waals surface area (Å²) >= 11 is 6.08. The van der Waals surface area contributed by atoms with E-state index in [0.29, 0.717) is 41.1 Å². The summed E-state index contributed by atoms with van der Waals surface area (Å²) in [7, 11) is 1.58. The van der Waals surface area contributed by atoms with Crippen LogP contribution in [0.15, 0.2) is 47.0 Å². The summed E-state index contributed by atoms with van der Waals surface area (Å²) in [5, 5.41) is 4.34. The Morgan fingerprint density at radius 2 is 2.14 bits per heavy atom. The van der Waals surface area contributed by atoms with Gasteiger partial charge in [0.2, 0.25) is 17.6 Å². The third-order valence-electron chi connectivity index (χ3n) is 4.73. The molecule has 0 radical (unpaired) electrons. The number of ether oxygens (including phenoxy) is 1. The smallest absolute Gasteiger partial charge is 0.232 e. The number of halogens is 2. The lowest BCUT2D eigenvalue weighted by atomic mass is 10.1. The van der Waals surface area contributed by atoms with Gasteiger partial charge in [-0.2, -0.15) is 4.98 Å². The molecular formula is C20H17ClFN3O3. The van der Waals surface area contributed by atoms with Crippen LogP contribution in [0.4, 0.5) is 4.39 Å². The first-order valence-corrected chi connectivity index (χ1v) is 9.11. The molecule has 1 amide bonds. The highest BCUT2D eigenvalue weighted by atomic mass is 35.5. The first-order chi connectivity index (χ1) is 13.5. The van der Waals surface area contributed by atoms with E-state index in [0.717, 1.165) is 5.56 Å². The zero-order valence-corrected chi connectivity index (χ0v) is 15.8. The molecule has 8 heteroatoms. The summed E-state index contributed by atoms with van der Waals surface area (Å²) in [6, 6.07) is 11.5. The minimum atomic E-state index is -0.408.